The summed E-state index contributed by atoms with van der Waals surface area (Å²) in [6.45, 7) is 0. The lowest BCUT2D eigenvalue weighted by Crippen LogP contribution is -2.07. The van der Waals surface area contributed by atoms with E-state index in [-0.39, 0.29) is 5.95 Å². The summed E-state index contributed by atoms with van der Waals surface area (Å²) in [5.41, 5.74) is 13.6. The zero-order valence-electron chi connectivity index (χ0n) is 12.4. The summed E-state index contributed by atoms with van der Waals surface area (Å²) in [7, 11) is 4.05. The van der Waals surface area contributed by atoms with Gasteiger partial charge in [0.05, 0.1) is 10.9 Å². The number of rotatable bonds is 3. The van der Waals surface area contributed by atoms with Gasteiger partial charge in [-0.05, 0) is 36.4 Å². The molecule has 5 nitrogen and oxygen atoms in total. The van der Waals surface area contributed by atoms with E-state index in [0.717, 1.165) is 26.4 Å². The molecule has 22 heavy (non-hydrogen) atoms. The zero-order chi connectivity index (χ0) is 15.7. The number of hydrogen-bond donors (Lipinski definition) is 2. The van der Waals surface area contributed by atoms with E-state index in [4.69, 9.17) is 11.5 Å². The Kier molecular flexibility index (Phi) is 3.77. The molecule has 0 saturated heterocycles. The number of hydrogen-bond acceptors (Lipinski definition) is 6. The van der Waals surface area contributed by atoms with Gasteiger partial charge in [-0.3, -0.25) is 0 Å². The van der Waals surface area contributed by atoms with Gasteiger partial charge in [-0.25, -0.2) is 4.98 Å². The topological polar surface area (TPSA) is 81.1 Å². The molecule has 0 radical (unpaired) electrons. The summed E-state index contributed by atoms with van der Waals surface area (Å²) in [4.78, 5) is 12.5. The van der Waals surface area contributed by atoms with Crippen LogP contribution in [-0.2, 0) is 0 Å². The summed E-state index contributed by atoms with van der Waals surface area (Å²) in [6.07, 6.45) is 0. The van der Waals surface area contributed by atoms with Gasteiger partial charge in [0.1, 0.15) is 5.82 Å². The van der Waals surface area contributed by atoms with Crippen molar-refractivity contribution in [2.45, 2.75) is 9.79 Å². The highest BCUT2D eigenvalue weighted by Crippen LogP contribution is 2.35. The Morgan fingerprint density at radius 2 is 1.68 bits per heavy atom. The maximum atomic E-state index is 6.02. The van der Waals surface area contributed by atoms with Gasteiger partial charge in [-0.1, -0.05) is 17.8 Å². The summed E-state index contributed by atoms with van der Waals surface area (Å²) in [6, 6.07) is 14.2. The molecule has 3 rings (SSSR count). The van der Waals surface area contributed by atoms with Crippen molar-refractivity contribution in [3.63, 3.8) is 0 Å². The van der Waals surface area contributed by atoms with Crippen LogP contribution in [0.1, 0.15) is 0 Å². The molecule has 0 saturated carbocycles. The number of aromatic nitrogens is 2. The third-order valence-corrected chi connectivity index (χ3v) is 4.38. The van der Waals surface area contributed by atoms with Crippen molar-refractivity contribution >= 4 is 40.1 Å². The third kappa shape index (κ3) is 2.78. The number of fused-ring (bicyclic) bond motifs is 1. The zero-order valence-corrected chi connectivity index (χ0v) is 13.3. The molecular formula is C16H17N5S. The Morgan fingerprint density at radius 3 is 2.36 bits per heavy atom. The first-order chi connectivity index (χ1) is 10.5. The fraction of sp³-hybridized carbons (Fsp3) is 0.125. The highest BCUT2D eigenvalue weighted by atomic mass is 32.2. The van der Waals surface area contributed by atoms with Crippen LogP contribution in [0.15, 0.2) is 52.3 Å². The van der Waals surface area contributed by atoms with Crippen molar-refractivity contribution < 1.29 is 0 Å². The third-order valence-electron chi connectivity index (χ3n) is 3.31. The van der Waals surface area contributed by atoms with Crippen molar-refractivity contribution in [3.05, 3.63) is 42.5 Å². The van der Waals surface area contributed by atoms with Crippen LogP contribution in [0.3, 0.4) is 0 Å². The minimum absolute atomic E-state index is 0.197. The van der Waals surface area contributed by atoms with E-state index in [2.05, 4.69) is 39.1 Å². The molecule has 0 aliphatic heterocycles. The average Bonchev–Trinajstić information content (AvgIpc) is 2.47. The van der Waals surface area contributed by atoms with Gasteiger partial charge in [-0.15, -0.1) is 0 Å². The first kappa shape index (κ1) is 14.5. The lowest BCUT2D eigenvalue weighted by Gasteiger charge is -2.13. The molecule has 0 unspecified atom stereocenters. The maximum Gasteiger partial charge on any atom is 0.222 e. The predicted molar refractivity (Wildman–Crippen MR) is 93.3 cm³/mol. The van der Waals surface area contributed by atoms with Crippen molar-refractivity contribution in [1.29, 1.82) is 0 Å². The number of benzene rings is 2. The summed E-state index contributed by atoms with van der Waals surface area (Å²) < 4.78 is 0. The van der Waals surface area contributed by atoms with Gasteiger partial charge < -0.3 is 16.4 Å². The van der Waals surface area contributed by atoms with E-state index in [1.165, 1.54) is 0 Å². The van der Waals surface area contributed by atoms with Crippen LogP contribution in [0.2, 0.25) is 0 Å². The fourth-order valence-corrected chi connectivity index (χ4v) is 3.21. The molecule has 0 bridgehead atoms. The van der Waals surface area contributed by atoms with E-state index < -0.39 is 0 Å². The molecular weight excluding hydrogens is 294 g/mol. The largest absolute Gasteiger partial charge is 0.383 e. The Bertz CT molecular complexity index is 815. The van der Waals surface area contributed by atoms with Crippen LogP contribution < -0.4 is 16.4 Å². The summed E-state index contributed by atoms with van der Waals surface area (Å²) in [5, 5.41) is 0.846. The second kappa shape index (κ2) is 5.73. The minimum atomic E-state index is 0.197. The van der Waals surface area contributed by atoms with E-state index >= 15 is 0 Å². The molecule has 1 heterocycles. The van der Waals surface area contributed by atoms with Crippen molar-refractivity contribution in [2.75, 3.05) is 30.5 Å². The maximum absolute atomic E-state index is 6.02. The van der Waals surface area contributed by atoms with Crippen LogP contribution in [0.25, 0.3) is 10.9 Å². The lowest BCUT2D eigenvalue weighted by atomic mass is 10.2. The van der Waals surface area contributed by atoms with E-state index in [1.807, 2.05) is 32.3 Å². The van der Waals surface area contributed by atoms with Gasteiger partial charge in [-0.2, -0.15) is 4.98 Å². The highest BCUT2D eigenvalue weighted by Gasteiger charge is 2.09. The standard InChI is InChI=1S/C16H17N5S/c1-21(2)10-6-8-11(9-7-10)22-13-5-3-4-12-14(13)15(17)20-16(18)19-12/h3-9H,1-2H3,(H4,17,18,19,20). The van der Waals surface area contributed by atoms with Crippen molar-refractivity contribution in [2.24, 2.45) is 0 Å². The molecule has 0 amide bonds. The predicted octanol–water partition coefficient (Wildman–Crippen LogP) is 3.01. The Hall–Kier alpha value is -2.47. The number of nitrogen functional groups attached to an aromatic ring is 2. The highest BCUT2D eigenvalue weighted by molar-refractivity contribution is 7.99. The van der Waals surface area contributed by atoms with E-state index in [9.17, 15) is 0 Å². The minimum Gasteiger partial charge on any atom is -0.383 e. The van der Waals surface area contributed by atoms with Gasteiger partial charge in [0.15, 0.2) is 0 Å². The van der Waals surface area contributed by atoms with Crippen molar-refractivity contribution in [3.8, 4) is 0 Å². The summed E-state index contributed by atoms with van der Waals surface area (Å²) >= 11 is 1.64. The number of anilines is 3. The SMILES string of the molecule is CN(C)c1ccc(Sc2cccc3nc(N)nc(N)c23)cc1. The van der Waals surface area contributed by atoms with Gasteiger partial charge in [0.2, 0.25) is 5.95 Å². The van der Waals surface area contributed by atoms with Crippen LogP contribution in [-0.4, -0.2) is 24.1 Å². The van der Waals surface area contributed by atoms with Gasteiger partial charge in [0.25, 0.3) is 0 Å². The molecule has 3 aromatic rings. The molecule has 2 aromatic carbocycles. The number of nitrogens with two attached hydrogens (primary N) is 2. The smallest absolute Gasteiger partial charge is 0.222 e. The van der Waals surface area contributed by atoms with Crippen LogP contribution >= 0.6 is 11.8 Å². The molecule has 0 atom stereocenters. The molecule has 4 N–H and O–H groups in total. The second-order valence-corrected chi connectivity index (χ2v) is 6.22. The molecule has 1 aromatic heterocycles. The molecule has 0 aliphatic carbocycles. The number of nitrogens with zero attached hydrogens (tertiary/aromatic N) is 3. The monoisotopic (exact) mass is 311 g/mol. The molecule has 112 valence electrons. The van der Waals surface area contributed by atoms with Crippen LogP contribution in [0, 0.1) is 0 Å². The Balaban J connectivity index is 2.00. The lowest BCUT2D eigenvalue weighted by molar-refractivity contribution is 1.13. The van der Waals surface area contributed by atoms with Crippen LogP contribution in [0.5, 0.6) is 0 Å². The van der Waals surface area contributed by atoms with Crippen LogP contribution in [0.4, 0.5) is 17.5 Å². The second-order valence-electron chi connectivity index (χ2n) is 5.11. The van der Waals surface area contributed by atoms with Gasteiger partial charge in [0, 0.05) is 29.6 Å². The van der Waals surface area contributed by atoms with Gasteiger partial charge >= 0.3 is 0 Å². The first-order valence-electron chi connectivity index (χ1n) is 6.81. The normalized spacial score (nSPS) is 10.8. The Labute approximate surface area is 133 Å². The van der Waals surface area contributed by atoms with Crippen molar-refractivity contribution in [1.82, 2.24) is 9.97 Å². The molecule has 0 spiro atoms. The first-order valence-corrected chi connectivity index (χ1v) is 7.63. The van der Waals surface area contributed by atoms with E-state index in [1.54, 1.807) is 11.8 Å². The molecule has 0 fully saturated rings. The van der Waals surface area contributed by atoms with E-state index in [0.29, 0.717) is 5.82 Å². The average molecular weight is 311 g/mol. The molecule has 0 aliphatic rings. The summed E-state index contributed by atoms with van der Waals surface area (Å²) in [5.74, 6) is 0.609. The molecule has 6 heteroatoms. The fourth-order valence-electron chi connectivity index (χ4n) is 2.22. The quantitative estimate of drug-likeness (QED) is 0.774. The Morgan fingerprint density at radius 1 is 0.955 bits per heavy atom.